The van der Waals surface area contributed by atoms with Crippen LogP contribution in [0.3, 0.4) is 0 Å². The molecule has 0 saturated carbocycles. The van der Waals surface area contributed by atoms with Crippen LogP contribution < -0.4 is 11.1 Å². The van der Waals surface area contributed by atoms with Crippen molar-refractivity contribution in [2.45, 2.75) is 53.0 Å². The summed E-state index contributed by atoms with van der Waals surface area (Å²) in [7, 11) is 0. The smallest absolute Gasteiger partial charge is 0.259 e. The number of aromatic nitrogens is 2. The largest absolute Gasteiger partial charge is 0.466 e. The number of nitrogens with two attached hydrogens (primary N) is 1. The van der Waals surface area contributed by atoms with E-state index in [0.29, 0.717) is 34.6 Å². The third-order valence-electron chi connectivity index (χ3n) is 5.19. The first-order valence-corrected chi connectivity index (χ1v) is 9.19. The number of hydrogen-bond donors (Lipinski definition) is 2. The van der Waals surface area contributed by atoms with Crippen molar-refractivity contribution in [3.8, 4) is 11.3 Å². The number of carbonyl (C=O) groups is 1. The van der Waals surface area contributed by atoms with Crippen LogP contribution in [0.5, 0.6) is 0 Å². The van der Waals surface area contributed by atoms with Crippen molar-refractivity contribution >= 4 is 17.0 Å². The molecule has 3 aromatic rings. The first kappa shape index (κ1) is 19.1. The summed E-state index contributed by atoms with van der Waals surface area (Å²) in [5.74, 6) is 1.30. The van der Waals surface area contributed by atoms with Gasteiger partial charge in [0, 0.05) is 17.6 Å². The van der Waals surface area contributed by atoms with E-state index < -0.39 is 5.54 Å². The fourth-order valence-electron chi connectivity index (χ4n) is 3.15. The minimum absolute atomic E-state index is 0.218. The minimum atomic E-state index is -0.424. The zero-order chi connectivity index (χ0) is 19.8. The molecule has 0 fully saturated rings. The number of nitrogens with one attached hydrogen (secondary N) is 1. The Labute approximate surface area is 158 Å². The standard InChI is InChI=1S/C20H26N4O3/c1-6-20(21,7-2)10-22-18(25)15-9-16(14-8-11(3)26-13(14)5)23-19-17(15)12(4)24-27-19/h8-9H,6-7,10,21H2,1-5H3,(H,22,25). The molecule has 7 nitrogen and oxygen atoms in total. The Morgan fingerprint density at radius 2 is 1.93 bits per heavy atom. The highest BCUT2D eigenvalue weighted by atomic mass is 16.5. The Balaban J connectivity index is 2.04. The predicted molar refractivity (Wildman–Crippen MR) is 104 cm³/mol. The summed E-state index contributed by atoms with van der Waals surface area (Å²) in [6.07, 6.45) is 1.56. The van der Waals surface area contributed by atoms with Crippen LogP contribution in [0.25, 0.3) is 22.4 Å². The highest BCUT2D eigenvalue weighted by Crippen LogP contribution is 2.30. The van der Waals surface area contributed by atoms with Gasteiger partial charge in [0.1, 0.15) is 11.5 Å². The quantitative estimate of drug-likeness (QED) is 0.686. The normalized spacial score (nSPS) is 11.9. The molecule has 0 saturated heterocycles. The topological polar surface area (TPSA) is 107 Å². The van der Waals surface area contributed by atoms with Gasteiger partial charge in [0.05, 0.1) is 22.3 Å². The number of aryl methyl sites for hydroxylation is 3. The van der Waals surface area contributed by atoms with Crippen LogP contribution in [0.4, 0.5) is 0 Å². The molecular formula is C20H26N4O3. The number of pyridine rings is 1. The molecule has 3 aromatic heterocycles. The molecule has 0 atom stereocenters. The number of rotatable bonds is 6. The molecule has 3 N–H and O–H groups in total. The van der Waals surface area contributed by atoms with Crippen molar-refractivity contribution in [1.29, 1.82) is 0 Å². The third kappa shape index (κ3) is 3.60. The highest BCUT2D eigenvalue weighted by Gasteiger charge is 2.24. The van der Waals surface area contributed by atoms with Gasteiger partial charge in [-0.1, -0.05) is 19.0 Å². The van der Waals surface area contributed by atoms with Crippen molar-refractivity contribution in [1.82, 2.24) is 15.5 Å². The van der Waals surface area contributed by atoms with E-state index in [-0.39, 0.29) is 5.91 Å². The molecule has 0 spiro atoms. The van der Waals surface area contributed by atoms with Crippen LogP contribution in [0, 0.1) is 20.8 Å². The Kier molecular flexibility index (Phi) is 5.06. The molecule has 27 heavy (non-hydrogen) atoms. The monoisotopic (exact) mass is 370 g/mol. The number of nitrogens with zero attached hydrogens (tertiary/aromatic N) is 2. The summed E-state index contributed by atoms with van der Waals surface area (Å²) in [5, 5.41) is 7.56. The van der Waals surface area contributed by atoms with Gasteiger partial charge in [-0.3, -0.25) is 4.79 Å². The second-order valence-corrected chi connectivity index (χ2v) is 7.08. The van der Waals surface area contributed by atoms with Gasteiger partial charge in [-0.25, -0.2) is 4.98 Å². The highest BCUT2D eigenvalue weighted by molar-refractivity contribution is 6.07. The molecule has 0 aliphatic carbocycles. The van der Waals surface area contributed by atoms with Crippen LogP contribution in [-0.4, -0.2) is 28.1 Å². The molecule has 0 unspecified atom stereocenters. The molecule has 3 rings (SSSR count). The Bertz CT molecular complexity index is 983. The van der Waals surface area contributed by atoms with Gasteiger partial charge in [0.15, 0.2) is 0 Å². The fraction of sp³-hybridized carbons (Fsp3) is 0.450. The average molecular weight is 370 g/mol. The van der Waals surface area contributed by atoms with Crippen molar-refractivity contribution in [3.63, 3.8) is 0 Å². The van der Waals surface area contributed by atoms with Crippen LogP contribution in [-0.2, 0) is 0 Å². The van der Waals surface area contributed by atoms with E-state index in [2.05, 4.69) is 15.5 Å². The van der Waals surface area contributed by atoms with Gasteiger partial charge in [-0.15, -0.1) is 0 Å². The van der Waals surface area contributed by atoms with Gasteiger partial charge < -0.3 is 20.0 Å². The van der Waals surface area contributed by atoms with Crippen molar-refractivity contribution < 1.29 is 13.7 Å². The fourth-order valence-corrected chi connectivity index (χ4v) is 3.15. The Morgan fingerprint density at radius 3 is 2.52 bits per heavy atom. The maximum absolute atomic E-state index is 13.0. The molecule has 0 aromatic carbocycles. The van der Waals surface area contributed by atoms with Crippen molar-refractivity contribution in [3.05, 3.63) is 34.9 Å². The summed E-state index contributed by atoms with van der Waals surface area (Å²) in [5.41, 5.74) is 8.77. The first-order valence-electron chi connectivity index (χ1n) is 9.19. The Morgan fingerprint density at radius 1 is 1.22 bits per heavy atom. The summed E-state index contributed by atoms with van der Waals surface area (Å²) in [6, 6.07) is 3.66. The molecule has 7 heteroatoms. The van der Waals surface area contributed by atoms with Gasteiger partial charge >= 0.3 is 0 Å². The van der Waals surface area contributed by atoms with Crippen molar-refractivity contribution in [2.75, 3.05) is 6.54 Å². The molecule has 0 aliphatic heterocycles. The minimum Gasteiger partial charge on any atom is -0.466 e. The lowest BCUT2D eigenvalue weighted by molar-refractivity contribution is 0.0943. The van der Waals surface area contributed by atoms with E-state index in [9.17, 15) is 4.79 Å². The lowest BCUT2D eigenvalue weighted by Crippen LogP contribution is -2.49. The zero-order valence-corrected chi connectivity index (χ0v) is 16.5. The van der Waals surface area contributed by atoms with Crippen LogP contribution in [0.2, 0.25) is 0 Å². The molecule has 0 radical (unpaired) electrons. The lowest BCUT2D eigenvalue weighted by atomic mass is 9.94. The predicted octanol–water partition coefficient (Wildman–Crippen LogP) is 3.66. The zero-order valence-electron chi connectivity index (χ0n) is 16.5. The average Bonchev–Trinajstić information content (AvgIpc) is 3.20. The van der Waals surface area contributed by atoms with E-state index in [0.717, 1.165) is 29.9 Å². The molecule has 3 heterocycles. The van der Waals surface area contributed by atoms with Crippen LogP contribution >= 0.6 is 0 Å². The second-order valence-electron chi connectivity index (χ2n) is 7.08. The first-order chi connectivity index (χ1) is 12.8. The SMILES string of the molecule is CCC(N)(CC)CNC(=O)c1cc(-c2cc(C)oc2C)nc2onc(C)c12. The van der Waals surface area contributed by atoms with Gasteiger partial charge in [0.2, 0.25) is 0 Å². The van der Waals surface area contributed by atoms with E-state index >= 15 is 0 Å². The number of furan rings is 1. The number of carbonyl (C=O) groups excluding carboxylic acids is 1. The summed E-state index contributed by atoms with van der Waals surface area (Å²) >= 11 is 0. The summed E-state index contributed by atoms with van der Waals surface area (Å²) in [4.78, 5) is 17.5. The number of fused-ring (bicyclic) bond motifs is 1. The molecule has 144 valence electrons. The Hall–Kier alpha value is -2.67. The van der Waals surface area contributed by atoms with E-state index in [1.165, 1.54) is 0 Å². The second kappa shape index (κ2) is 7.15. The third-order valence-corrected chi connectivity index (χ3v) is 5.19. The molecule has 0 bridgehead atoms. The van der Waals surface area contributed by atoms with E-state index in [1.54, 1.807) is 13.0 Å². The summed E-state index contributed by atoms with van der Waals surface area (Å²) in [6.45, 7) is 9.97. The number of hydrogen-bond acceptors (Lipinski definition) is 6. The maximum Gasteiger partial charge on any atom is 0.259 e. The lowest BCUT2D eigenvalue weighted by Gasteiger charge is -2.26. The van der Waals surface area contributed by atoms with Gasteiger partial charge in [0.25, 0.3) is 11.6 Å². The maximum atomic E-state index is 13.0. The van der Waals surface area contributed by atoms with Crippen LogP contribution in [0.1, 0.15) is 54.3 Å². The number of amides is 1. The molecule has 1 amide bonds. The van der Waals surface area contributed by atoms with Crippen molar-refractivity contribution in [2.24, 2.45) is 5.73 Å². The van der Waals surface area contributed by atoms with Gasteiger partial charge in [-0.2, -0.15) is 0 Å². The van der Waals surface area contributed by atoms with E-state index in [4.69, 9.17) is 14.7 Å². The molecular weight excluding hydrogens is 344 g/mol. The molecule has 0 aliphatic rings. The van der Waals surface area contributed by atoms with E-state index in [1.807, 2.05) is 33.8 Å². The van der Waals surface area contributed by atoms with Crippen LogP contribution in [0.15, 0.2) is 21.1 Å². The summed E-state index contributed by atoms with van der Waals surface area (Å²) < 4.78 is 10.9. The van der Waals surface area contributed by atoms with Gasteiger partial charge in [-0.05, 0) is 45.7 Å².